The van der Waals surface area contributed by atoms with E-state index in [4.69, 9.17) is 30.8 Å². The van der Waals surface area contributed by atoms with Crippen LogP contribution in [-0.2, 0) is 16.1 Å². The highest BCUT2D eigenvalue weighted by Gasteiger charge is 2.33. The van der Waals surface area contributed by atoms with Gasteiger partial charge in [0.05, 0.1) is 41.1 Å². The maximum Gasteiger partial charge on any atom is 0.338 e. The molecule has 0 amide bonds. The molecule has 5 rings (SSSR count). The first-order valence-corrected chi connectivity index (χ1v) is 14.3. The zero-order valence-electron chi connectivity index (χ0n) is 23.1. The molecule has 0 N–H and O–H groups in total. The van der Waals surface area contributed by atoms with Gasteiger partial charge in [0.1, 0.15) is 6.61 Å². The number of aromatic nitrogens is 1. The largest absolute Gasteiger partial charge is 0.493 e. The van der Waals surface area contributed by atoms with Crippen LogP contribution in [0, 0.1) is 6.92 Å². The maximum atomic E-state index is 13.9. The third kappa shape index (κ3) is 5.71. The van der Waals surface area contributed by atoms with Crippen LogP contribution in [0.15, 0.2) is 87.8 Å². The lowest BCUT2D eigenvalue weighted by molar-refractivity contribution is -0.136. The summed E-state index contributed by atoms with van der Waals surface area (Å²) in [7, 11) is 2.88. The summed E-state index contributed by atoms with van der Waals surface area (Å²) >= 11 is 7.90. The van der Waals surface area contributed by atoms with Crippen LogP contribution in [0.3, 0.4) is 0 Å². The summed E-state index contributed by atoms with van der Waals surface area (Å²) in [5, 5.41) is 0.361. The van der Waals surface area contributed by atoms with E-state index in [9.17, 15) is 9.59 Å². The van der Waals surface area contributed by atoms with E-state index in [-0.39, 0.29) is 5.56 Å². The normalized spacial score (nSPS) is 14.9. The lowest BCUT2D eigenvalue weighted by atomic mass is 9.95. The smallest absolute Gasteiger partial charge is 0.338 e. The fourth-order valence-corrected chi connectivity index (χ4v) is 6.18. The molecule has 0 spiro atoms. The van der Waals surface area contributed by atoms with Gasteiger partial charge in [-0.15, -0.1) is 0 Å². The van der Waals surface area contributed by atoms with Gasteiger partial charge in [-0.2, -0.15) is 0 Å². The molecule has 1 aliphatic heterocycles. The van der Waals surface area contributed by atoms with Gasteiger partial charge in [0.2, 0.25) is 0 Å². The number of halogens is 1. The minimum absolute atomic E-state index is 0.269. The highest BCUT2D eigenvalue weighted by Crippen LogP contribution is 2.37. The Bertz CT molecular complexity index is 1820. The van der Waals surface area contributed by atoms with Crippen molar-refractivity contribution in [3.63, 3.8) is 0 Å². The molecule has 1 aliphatic rings. The Balaban J connectivity index is 1.59. The highest BCUT2D eigenvalue weighted by atomic mass is 35.5. The molecule has 0 saturated heterocycles. The van der Waals surface area contributed by atoms with Gasteiger partial charge in [0.15, 0.2) is 16.3 Å². The Morgan fingerprint density at radius 1 is 1.10 bits per heavy atom. The SMILES string of the molecule is CCC1=C(C(=O)OC)[C@@H](c2ccccc2)n2c(s/c(=C\c3cc(Cl)c(OCc4cccc(C)c4)c(OC)c3)c2=O)=N1. The van der Waals surface area contributed by atoms with E-state index in [0.717, 1.165) is 16.7 Å². The van der Waals surface area contributed by atoms with E-state index in [1.807, 2.05) is 68.4 Å². The summed E-state index contributed by atoms with van der Waals surface area (Å²) in [5.74, 6) is 0.368. The van der Waals surface area contributed by atoms with Crippen LogP contribution in [0.1, 0.15) is 41.6 Å². The van der Waals surface area contributed by atoms with Gasteiger partial charge in [-0.1, -0.05) is 90.0 Å². The van der Waals surface area contributed by atoms with Gasteiger partial charge >= 0.3 is 5.97 Å². The molecule has 1 aromatic heterocycles. The van der Waals surface area contributed by atoms with E-state index in [1.54, 1.807) is 29.9 Å². The zero-order valence-corrected chi connectivity index (χ0v) is 24.7. The number of thiazole rings is 1. The molecule has 0 radical (unpaired) electrons. The number of allylic oxidation sites excluding steroid dienone is 1. The van der Waals surface area contributed by atoms with Gasteiger partial charge < -0.3 is 14.2 Å². The number of methoxy groups -OCH3 is 2. The van der Waals surface area contributed by atoms with Gasteiger partial charge in [0.25, 0.3) is 5.56 Å². The quantitative estimate of drug-likeness (QED) is 0.259. The fraction of sp³-hybridized carbons (Fsp3) is 0.219. The summed E-state index contributed by atoms with van der Waals surface area (Å²) in [4.78, 5) is 32.0. The zero-order chi connectivity index (χ0) is 29.1. The molecule has 3 aromatic carbocycles. The van der Waals surface area contributed by atoms with Crippen molar-refractivity contribution >= 4 is 35.0 Å². The number of hydrogen-bond donors (Lipinski definition) is 0. The average molecular weight is 589 g/mol. The van der Waals surface area contributed by atoms with Crippen LogP contribution >= 0.6 is 22.9 Å². The van der Waals surface area contributed by atoms with Crippen LogP contribution in [0.25, 0.3) is 6.08 Å². The number of nitrogens with zero attached hydrogens (tertiary/aromatic N) is 2. The summed E-state index contributed by atoms with van der Waals surface area (Å²) < 4.78 is 18.8. The first kappa shape index (κ1) is 28.4. The van der Waals surface area contributed by atoms with Crippen LogP contribution in [0.5, 0.6) is 11.5 Å². The Hall–Kier alpha value is -4.14. The van der Waals surface area contributed by atoms with E-state index in [0.29, 0.717) is 55.7 Å². The van der Waals surface area contributed by atoms with Crippen molar-refractivity contribution in [3.8, 4) is 11.5 Å². The van der Waals surface area contributed by atoms with Crippen molar-refractivity contribution in [1.82, 2.24) is 4.57 Å². The number of ether oxygens (including phenoxy) is 3. The average Bonchev–Trinajstić information content (AvgIpc) is 3.29. The second-order valence-corrected chi connectivity index (χ2v) is 10.9. The van der Waals surface area contributed by atoms with Gasteiger partial charge in [-0.3, -0.25) is 9.36 Å². The molecule has 0 aliphatic carbocycles. The van der Waals surface area contributed by atoms with Crippen LogP contribution < -0.4 is 24.4 Å². The number of carbonyl (C=O) groups is 1. The first-order valence-electron chi connectivity index (χ1n) is 13.1. The lowest BCUT2D eigenvalue weighted by Gasteiger charge is -2.25. The number of benzene rings is 3. The highest BCUT2D eigenvalue weighted by molar-refractivity contribution is 7.07. The van der Waals surface area contributed by atoms with Gasteiger partial charge in [-0.05, 0) is 48.2 Å². The van der Waals surface area contributed by atoms with Crippen molar-refractivity contribution < 1.29 is 19.0 Å². The molecule has 210 valence electrons. The number of fused-ring (bicyclic) bond motifs is 1. The van der Waals surface area contributed by atoms with Crippen LogP contribution in [0.4, 0.5) is 0 Å². The standard InChI is InChI=1S/C32H29ClN2O5S/c1-5-24-27(31(37)39-4)28(22-12-7-6-8-13-22)35-30(36)26(41-32(35)34-24)17-21-15-23(33)29(25(16-21)38-3)40-18-20-11-9-10-19(2)14-20/h6-17,28H,5,18H2,1-4H3/b26-17-/t28-/m1/s1. The Labute approximate surface area is 246 Å². The van der Waals surface area contributed by atoms with Crippen molar-refractivity contribution in [1.29, 1.82) is 0 Å². The third-order valence-electron chi connectivity index (χ3n) is 6.78. The topological polar surface area (TPSA) is 79.1 Å². The number of rotatable bonds is 8. The monoisotopic (exact) mass is 588 g/mol. The number of aryl methyl sites for hydroxylation is 1. The molecule has 9 heteroatoms. The summed E-state index contributed by atoms with van der Waals surface area (Å²) in [5.41, 5.74) is 4.30. The van der Waals surface area contributed by atoms with E-state index < -0.39 is 12.0 Å². The van der Waals surface area contributed by atoms with Crippen LogP contribution in [0.2, 0.25) is 5.02 Å². The molecule has 0 saturated carbocycles. The molecular formula is C32H29ClN2O5S. The van der Waals surface area contributed by atoms with Gasteiger partial charge in [-0.25, -0.2) is 9.79 Å². The van der Waals surface area contributed by atoms with Crippen molar-refractivity contribution in [3.05, 3.63) is 125 Å². The molecule has 7 nitrogen and oxygen atoms in total. The number of hydrogen-bond acceptors (Lipinski definition) is 7. The summed E-state index contributed by atoms with van der Waals surface area (Å²) in [6.07, 6.45) is 2.26. The predicted molar refractivity (Wildman–Crippen MR) is 160 cm³/mol. The predicted octanol–water partition coefficient (Wildman–Crippen LogP) is 5.35. The molecule has 0 bridgehead atoms. The third-order valence-corrected chi connectivity index (χ3v) is 8.04. The van der Waals surface area contributed by atoms with Crippen molar-refractivity contribution in [2.45, 2.75) is 32.9 Å². The Morgan fingerprint density at radius 2 is 1.88 bits per heavy atom. The molecule has 41 heavy (non-hydrogen) atoms. The second kappa shape index (κ2) is 12.2. The van der Waals surface area contributed by atoms with Crippen molar-refractivity contribution in [2.75, 3.05) is 14.2 Å². The summed E-state index contributed by atoms with van der Waals surface area (Å²) in [6.45, 7) is 4.28. The van der Waals surface area contributed by atoms with E-state index in [2.05, 4.69) is 0 Å². The molecule has 1 atom stereocenters. The molecule has 0 fully saturated rings. The Kier molecular flexibility index (Phi) is 8.42. The van der Waals surface area contributed by atoms with Crippen molar-refractivity contribution in [2.24, 2.45) is 4.99 Å². The van der Waals surface area contributed by atoms with E-state index in [1.165, 1.54) is 18.4 Å². The summed E-state index contributed by atoms with van der Waals surface area (Å²) in [6, 6.07) is 20.3. The number of carbonyl (C=O) groups excluding carboxylic acids is 1. The first-order chi connectivity index (χ1) is 19.8. The molecule has 4 aromatic rings. The minimum Gasteiger partial charge on any atom is -0.493 e. The molecular weight excluding hydrogens is 560 g/mol. The Morgan fingerprint density at radius 3 is 2.56 bits per heavy atom. The maximum absolute atomic E-state index is 13.9. The van der Waals surface area contributed by atoms with Crippen LogP contribution in [-0.4, -0.2) is 24.8 Å². The molecule has 0 unspecified atom stereocenters. The minimum atomic E-state index is -0.660. The second-order valence-electron chi connectivity index (χ2n) is 9.51. The lowest BCUT2D eigenvalue weighted by Crippen LogP contribution is -2.40. The fourth-order valence-electron chi connectivity index (χ4n) is 4.89. The van der Waals surface area contributed by atoms with Gasteiger partial charge in [0, 0.05) is 0 Å². The van der Waals surface area contributed by atoms with E-state index >= 15 is 0 Å². The number of esters is 1. The molecule has 2 heterocycles.